The molecule has 1 spiro atoms. The fourth-order valence-electron chi connectivity index (χ4n) is 5.23. The molecule has 2 amide bonds. The van der Waals surface area contributed by atoms with Crippen LogP contribution < -0.4 is 0 Å². The van der Waals surface area contributed by atoms with Crippen LogP contribution in [0.15, 0.2) is 0 Å². The second-order valence-corrected chi connectivity index (χ2v) is 8.52. The zero-order chi connectivity index (χ0) is 16.7. The van der Waals surface area contributed by atoms with Gasteiger partial charge >= 0.3 is 0 Å². The third-order valence-electron chi connectivity index (χ3n) is 7.08. The van der Waals surface area contributed by atoms with Crippen LogP contribution in [0.4, 0.5) is 0 Å². The molecule has 24 heavy (non-hydrogen) atoms. The summed E-state index contributed by atoms with van der Waals surface area (Å²) in [5.41, 5.74) is -0.105. The maximum Gasteiger partial charge on any atom is 0.229 e. The first kappa shape index (κ1) is 16.4. The quantitative estimate of drug-likeness (QED) is 0.773. The standard InChI is InChI=1S/C19H31N3O2/c1-20-10-3-8-19(18(20)24)9-13-22(14-19)16-6-11-21(12-7-16)17(23)15-4-2-5-15/h15-16H,2-14H2,1H3/t19-/m1/s1. The van der Waals surface area contributed by atoms with E-state index < -0.39 is 0 Å². The summed E-state index contributed by atoms with van der Waals surface area (Å²) in [4.78, 5) is 31.7. The summed E-state index contributed by atoms with van der Waals surface area (Å²) < 4.78 is 0. The average Bonchev–Trinajstić information content (AvgIpc) is 2.96. The maximum atomic E-state index is 12.7. The monoisotopic (exact) mass is 333 g/mol. The Morgan fingerprint density at radius 1 is 1.00 bits per heavy atom. The van der Waals surface area contributed by atoms with E-state index in [0.29, 0.717) is 23.8 Å². The van der Waals surface area contributed by atoms with Crippen LogP contribution in [0.25, 0.3) is 0 Å². The molecule has 0 bridgehead atoms. The van der Waals surface area contributed by atoms with Crippen LogP contribution in [0.3, 0.4) is 0 Å². The minimum Gasteiger partial charge on any atom is -0.345 e. The summed E-state index contributed by atoms with van der Waals surface area (Å²) in [6.45, 7) is 4.75. The molecule has 3 heterocycles. The van der Waals surface area contributed by atoms with E-state index in [-0.39, 0.29) is 5.41 Å². The Labute approximate surface area is 145 Å². The van der Waals surface area contributed by atoms with Crippen molar-refractivity contribution in [3.63, 3.8) is 0 Å². The first-order valence-corrected chi connectivity index (χ1v) is 9.87. The lowest BCUT2D eigenvalue weighted by Gasteiger charge is -2.41. The lowest BCUT2D eigenvalue weighted by atomic mass is 9.78. The van der Waals surface area contributed by atoms with Gasteiger partial charge in [0.15, 0.2) is 0 Å². The van der Waals surface area contributed by atoms with Crippen molar-refractivity contribution in [2.75, 3.05) is 39.8 Å². The van der Waals surface area contributed by atoms with Gasteiger partial charge in [0.25, 0.3) is 0 Å². The van der Waals surface area contributed by atoms with Crippen molar-refractivity contribution < 1.29 is 9.59 Å². The highest BCUT2D eigenvalue weighted by atomic mass is 16.2. The van der Waals surface area contributed by atoms with Crippen molar-refractivity contribution in [3.05, 3.63) is 0 Å². The average molecular weight is 333 g/mol. The van der Waals surface area contributed by atoms with Crippen LogP contribution in [0.1, 0.15) is 51.4 Å². The summed E-state index contributed by atoms with van der Waals surface area (Å²) in [6.07, 6.45) is 8.82. The van der Waals surface area contributed by atoms with Gasteiger partial charge in [-0.25, -0.2) is 0 Å². The van der Waals surface area contributed by atoms with Crippen LogP contribution in [0.5, 0.6) is 0 Å². The fraction of sp³-hybridized carbons (Fsp3) is 0.895. The Balaban J connectivity index is 1.32. The molecule has 0 N–H and O–H groups in total. The van der Waals surface area contributed by atoms with Gasteiger partial charge < -0.3 is 9.80 Å². The van der Waals surface area contributed by atoms with Gasteiger partial charge in [0.1, 0.15) is 0 Å². The van der Waals surface area contributed by atoms with Crippen molar-refractivity contribution >= 4 is 11.8 Å². The van der Waals surface area contributed by atoms with E-state index in [4.69, 9.17) is 0 Å². The van der Waals surface area contributed by atoms with Crippen LogP contribution in [-0.4, -0.2) is 72.3 Å². The molecule has 4 aliphatic rings. The molecule has 1 aliphatic carbocycles. The van der Waals surface area contributed by atoms with Gasteiger partial charge in [-0.15, -0.1) is 0 Å². The van der Waals surface area contributed by atoms with Crippen molar-refractivity contribution in [2.45, 2.75) is 57.4 Å². The van der Waals surface area contributed by atoms with Gasteiger partial charge in [0.05, 0.1) is 5.41 Å². The van der Waals surface area contributed by atoms with Crippen LogP contribution >= 0.6 is 0 Å². The van der Waals surface area contributed by atoms with E-state index in [1.54, 1.807) is 0 Å². The minimum atomic E-state index is -0.105. The molecule has 134 valence electrons. The number of rotatable bonds is 2. The van der Waals surface area contributed by atoms with Gasteiger partial charge in [0.2, 0.25) is 11.8 Å². The molecule has 0 unspecified atom stereocenters. The van der Waals surface area contributed by atoms with E-state index in [1.165, 1.54) is 6.42 Å². The molecule has 3 saturated heterocycles. The molecule has 1 atom stereocenters. The molecule has 4 rings (SSSR count). The van der Waals surface area contributed by atoms with Crippen molar-refractivity contribution in [1.29, 1.82) is 0 Å². The molecule has 0 aromatic carbocycles. The zero-order valence-corrected chi connectivity index (χ0v) is 15.0. The second kappa shape index (κ2) is 6.32. The lowest BCUT2D eigenvalue weighted by molar-refractivity contribution is -0.144. The smallest absolute Gasteiger partial charge is 0.229 e. The highest BCUT2D eigenvalue weighted by molar-refractivity contribution is 5.84. The van der Waals surface area contributed by atoms with E-state index in [2.05, 4.69) is 9.80 Å². The van der Waals surface area contributed by atoms with Crippen molar-refractivity contribution in [2.24, 2.45) is 11.3 Å². The molecular weight excluding hydrogens is 302 g/mol. The molecular formula is C19H31N3O2. The number of hydrogen-bond acceptors (Lipinski definition) is 3. The van der Waals surface area contributed by atoms with Crippen LogP contribution in [0.2, 0.25) is 0 Å². The van der Waals surface area contributed by atoms with Gasteiger partial charge in [0, 0.05) is 45.2 Å². The Hall–Kier alpha value is -1.10. The number of nitrogens with zero attached hydrogens (tertiary/aromatic N) is 3. The van der Waals surface area contributed by atoms with Crippen LogP contribution in [0, 0.1) is 11.3 Å². The largest absolute Gasteiger partial charge is 0.345 e. The highest BCUT2D eigenvalue weighted by Gasteiger charge is 2.49. The molecule has 0 radical (unpaired) electrons. The number of likely N-dealkylation sites (tertiary alicyclic amines) is 3. The van der Waals surface area contributed by atoms with Gasteiger partial charge in [-0.2, -0.15) is 0 Å². The number of carbonyl (C=O) groups excluding carboxylic acids is 2. The van der Waals surface area contributed by atoms with Gasteiger partial charge in [-0.1, -0.05) is 6.42 Å². The number of amides is 2. The molecule has 4 fully saturated rings. The van der Waals surface area contributed by atoms with Crippen molar-refractivity contribution in [3.8, 4) is 0 Å². The highest BCUT2D eigenvalue weighted by Crippen LogP contribution is 2.41. The Kier molecular flexibility index (Phi) is 4.31. The normalized spacial score (nSPS) is 33.3. The fourth-order valence-corrected chi connectivity index (χ4v) is 5.23. The molecule has 0 aromatic heterocycles. The van der Waals surface area contributed by atoms with Gasteiger partial charge in [-0.05, 0) is 51.5 Å². The first-order chi connectivity index (χ1) is 11.6. The lowest BCUT2D eigenvalue weighted by Crippen LogP contribution is -2.51. The Morgan fingerprint density at radius 3 is 2.42 bits per heavy atom. The number of piperidine rings is 2. The molecule has 5 nitrogen and oxygen atoms in total. The summed E-state index contributed by atoms with van der Waals surface area (Å²) >= 11 is 0. The topological polar surface area (TPSA) is 43.9 Å². The first-order valence-electron chi connectivity index (χ1n) is 9.87. The molecule has 5 heteroatoms. The number of hydrogen-bond donors (Lipinski definition) is 0. The SMILES string of the molecule is CN1CCC[C@]2(CCN(C3CCN(C(=O)C4CCC4)CC3)C2)C1=O. The van der Waals surface area contributed by atoms with Crippen molar-refractivity contribution in [1.82, 2.24) is 14.7 Å². The molecule has 1 saturated carbocycles. The summed E-state index contributed by atoms with van der Waals surface area (Å²) in [7, 11) is 1.95. The summed E-state index contributed by atoms with van der Waals surface area (Å²) in [5.74, 6) is 1.10. The van der Waals surface area contributed by atoms with Crippen LogP contribution in [-0.2, 0) is 9.59 Å². The third-order valence-corrected chi connectivity index (χ3v) is 7.08. The number of carbonyl (C=O) groups is 2. The molecule has 3 aliphatic heterocycles. The van der Waals surface area contributed by atoms with Gasteiger partial charge in [-0.3, -0.25) is 14.5 Å². The zero-order valence-electron chi connectivity index (χ0n) is 15.0. The second-order valence-electron chi connectivity index (χ2n) is 8.52. The summed E-state index contributed by atoms with van der Waals surface area (Å²) in [6, 6.07) is 0.565. The van der Waals surface area contributed by atoms with E-state index in [1.807, 2.05) is 11.9 Å². The van der Waals surface area contributed by atoms with E-state index in [9.17, 15) is 9.59 Å². The predicted molar refractivity (Wildman–Crippen MR) is 92.4 cm³/mol. The predicted octanol–water partition coefficient (Wildman–Crippen LogP) is 1.72. The molecule has 0 aromatic rings. The van der Waals surface area contributed by atoms with E-state index in [0.717, 1.165) is 77.7 Å². The summed E-state index contributed by atoms with van der Waals surface area (Å²) in [5, 5.41) is 0. The third kappa shape index (κ3) is 2.75. The Bertz CT molecular complexity index is 511. The maximum absolute atomic E-state index is 12.7. The Morgan fingerprint density at radius 2 is 1.75 bits per heavy atom. The minimum absolute atomic E-state index is 0.105. The van der Waals surface area contributed by atoms with E-state index >= 15 is 0 Å².